The Morgan fingerprint density at radius 3 is 2.79 bits per heavy atom. The maximum atomic E-state index is 12.5. The van der Waals surface area contributed by atoms with Crippen LogP contribution < -0.4 is 10.3 Å². The highest BCUT2D eigenvalue weighted by Gasteiger charge is 2.45. The molecule has 2 aliphatic heterocycles. The Hall–Kier alpha value is -2.53. The molecule has 1 N–H and O–H groups in total. The van der Waals surface area contributed by atoms with Crippen molar-refractivity contribution in [2.75, 3.05) is 30.5 Å². The van der Waals surface area contributed by atoms with Gasteiger partial charge in [0.1, 0.15) is 6.07 Å². The van der Waals surface area contributed by atoms with Crippen LogP contribution in [0.15, 0.2) is 41.5 Å². The molecule has 2 unspecified atom stereocenters. The van der Waals surface area contributed by atoms with Gasteiger partial charge in [0, 0.05) is 42.6 Å². The van der Waals surface area contributed by atoms with E-state index < -0.39 is 0 Å². The van der Waals surface area contributed by atoms with Gasteiger partial charge in [0.05, 0.1) is 28.0 Å². The molecule has 6 nitrogen and oxygen atoms in total. The van der Waals surface area contributed by atoms with E-state index >= 15 is 0 Å². The lowest BCUT2D eigenvalue weighted by atomic mass is 9.73. The SMILES string of the molecule is N#Cc1ccc(N2N=C3c4ccc(C(=O)NCCS)cc4CCC3C2C2CCOCC2)cc1Cl. The molecule has 176 valence electrons. The van der Waals surface area contributed by atoms with E-state index in [0.29, 0.717) is 40.3 Å². The molecule has 8 heteroatoms. The lowest BCUT2D eigenvalue weighted by molar-refractivity contribution is 0.0543. The fourth-order valence-corrected chi connectivity index (χ4v) is 5.81. The van der Waals surface area contributed by atoms with E-state index in [0.717, 1.165) is 55.9 Å². The summed E-state index contributed by atoms with van der Waals surface area (Å²) in [5.41, 5.74) is 5.42. The topological polar surface area (TPSA) is 77.7 Å². The number of hydrazone groups is 1. The number of ether oxygens (including phenoxy) is 1. The average Bonchev–Trinajstić information content (AvgIpc) is 3.27. The first kappa shape index (κ1) is 23.2. The van der Waals surface area contributed by atoms with Crippen LogP contribution in [0, 0.1) is 23.2 Å². The molecule has 2 aromatic rings. The normalized spacial score (nSPS) is 21.9. The summed E-state index contributed by atoms with van der Waals surface area (Å²) in [6, 6.07) is 13.9. The number of benzene rings is 2. The molecule has 1 fully saturated rings. The molecule has 0 radical (unpaired) electrons. The number of nitrogens with one attached hydrogen (secondary N) is 1. The van der Waals surface area contributed by atoms with Crippen molar-refractivity contribution in [1.82, 2.24) is 5.32 Å². The highest BCUT2D eigenvalue weighted by molar-refractivity contribution is 7.80. The highest BCUT2D eigenvalue weighted by atomic mass is 35.5. The van der Waals surface area contributed by atoms with Gasteiger partial charge in [-0.25, -0.2) is 0 Å². The summed E-state index contributed by atoms with van der Waals surface area (Å²) < 4.78 is 5.65. The number of carbonyl (C=O) groups is 1. The summed E-state index contributed by atoms with van der Waals surface area (Å²) in [4.78, 5) is 12.5. The molecule has 5 rings (SSSR count). The van der Waals surface area contributed by atoms with Gasteiger partial charge in [0.15, 0.2) is 0 Å². The number of amides is 1. The van der Waals surface area contributed by atoms with Crippen LogP contribution in [0.4, 0.5) is 5.69 Å². The van der Waals surface area contributed by atoms with E-state index in [9.17, 15) is 10.1 Å². The molecule has 0 aromatic heterocycles. The van der Waals surface area contributed by atoms with Crippen molar-refractivity contribution in [1.29, 1.82) is 5.26 Å². The van der Waals surface area contributed by atoms with Gasteiger partial charge in [0.25, 0.3) is 5.91 Å². The molecule has 0 bridgehead atoms. The molecule has 0 saturated carbocycles. The summed E-state index contributed by atoms with van der Waals surface area (Å²) in [6.07, 6.45) is 3.90. The minimum atomic E-state index is -0.0683. The predicted octanol–water partition coefficient (Wildman–Crippen LogP) is 4.45. The van der Waals surface area contributed by atoms with E-state index in [2.05, 4.69) is 29.0 Å². The van der Waals surface area contributed by atoms with Crippen LogP contribution in [0.5, 0.6) is 0 Å². The molecule has 34 heavy (non-hydrogen) atoms. The molecule has 2 aromatic carbocycles. The van der Waals surface area contributed by atoms with Gasteiger partial charge in [-0.3, -0.25) is 9.80 Å². The molecular formula is C26H27ClN4O2S. The number of aryl methyl sites for hydroxylation is 1. The first-order valence-corrected chi connectivity index (χ1v) is 12.8. The van der Waals surface area contributed by atoms with Crippen molar-refractivity contribution in [3.05, 3.63) is 63.7 Å². The van der Waals surface area contributed by atoms with Gasteiger partial charge in [-0.15, -0.1) is 0 Å². The third-order valence-corrected chi connectivity index (χ3v) is 7.65. The van der Waals surface area contributed by atoms with Gasteiger partial charge < -0.3 is 10.1 Å². The van der Waals surface area contributed by atoms with Crippen molar-refractivity contribution in [3.63, 3.8) is 0 Å². The zero-order valence-electron chi connectivity index (χ0n) is 18.8. The Labute approximate surface area is 210 Å². The number of anilines is 1. The standard InChI is InChI=1S/C26H27ClN4O2S/c27-23-14-20(4-1-19(23)15-28)31-25(16-7-10-33-11-8-16)22-6-2-17-13-18(26(32)29-9-12-34)3-5-21(17)24(22)30-31/h1,3-5,13-14,16,22,25,34H,2,6-12H2,(H,29,32). The number of hydrogen-bond donors (Lipinski definition) is 2. The largest absolute Gasteiger partial charge is 0.381 e. The van der Waals surface area contributed by atoms with Crippen LogP contribution in [0.2, 0.25) is 5.02 Å². The minimum Gasteiger partial charge on any atom is -0.381 e. The molecule has 1 amide bonds. The molecule has 2 heterocycles. The number of nitriles is 1. The zero-order valence-corrected chi connectivity index (χ0v) is 20.5. The second-order valence-electron chi connectivity index (χ2n) is 9.04. The van der Waals surface area contributed by atoms with Crippen molar-refractivity contribution < 1.29 is 9.53 Å². The first-order chi connectivity index (χ1) is 16.6. The van der Waals surface area contributed by atoms with Crippen LogP contribution in [0.25, 0.3) is 0 Å². The first-order valence-electron chi connectivity index (χ1n) is 11.8. The molecule has 0 spiro atoms. The van der Waals surface area contributed by atoms with E-state index in [1.165, 1.54) is 5.56 Å². The highest BCUT2D eigenvalue weighted by Crippen LogP contribution is 2.43. The summed E-state index contributed by atoms with van der Waals surface area (Å²) in [6.45, 7) is 2.09. The maximum Gasteiger partial charge on any atom is 0.251 e. The second-order valence-corrected chi connectivity index (χ2v) is 9.90. The zero-order chi connectivity index (χ0) is 23.7. The van der Waals surface area contributed by atoms with Crippen molar-refractivity contribution in [2.24, 2.45) is 16.9 Å². The predicted molar refractivity (Wildman–Crippen MR) is 137 cm³/mol. The number of hydrogen-bond acceptors (Lipinski definition) is 6. The summed E-state index contributed by atoms with van der Waals surface area (Å²) >= 11 is 10.6. The average molecular weight is 495 g/mol. The second kappa shape index (κ2) is 9.99. The van der Waals surface area contributed by atoms with Crippen molar-refractivity contribution in [2.45, 2.75) is 31.7 Å². The Kier molecular flexibility index (Phi) is 6.82. The molecule has 2 atom stereocenters. The van der Waals surface area contributed by atoms with Gasteiger partial charge >= 0.3 is 0 Å². The number of fused-ring (bicyclic) bond motifs is 3. The van der Waals surface area contributed by atoms with Gasteiger partial charge in [-0.05, 0) is 67.5 Å². The van der Waals surface area contributed by atoms with Crippen molar-refractivity contribution in [3.8, 4) is 6.07 Å². The molecule has 1 aliphatic carbocycles. The number of halogens is 1. The van der Waals surface area contributed by atoms with Crippen LogP contribution in [-0.2, 0) is 11.2 Å². The Bertz CT molecular complexity index is 1170. The maximum absolute atomic E-state index is 12.5. The lowest BCUT2D eigenvalue weighted by Gasteiger charge is -2.37. The Morgan fingerprint density at radius 2 is 2.06 bits per heavy atom. The van der Waals surface area contributed by atoms with Crippen LogP contribution in [-0.4, -0.2) is 43.2 Å². The Balaban J connectivity index is 1.52. The number of nitrogens with zero attached hydrogens (tertiary/aromatic N) is 3. The number of thiol groups is 1. The summed E-state index contributed by atoms with van der Waals surface area (Å²) in [5, 5.41) is 19.9. The fraction of sp³-hybridized carbons (Fsp3) is 0.423. The van der Waals surface area contributed by atoms with E-state index in [4.69, 9.17) is 21.4 Å². The Morgan fingerprint density at radius 1 is 1.24 bits per heavy atom. The number of carbonyl (C=O) groups excluding carboxylic acids is 1. The van der Waals surface area contributed by atoms with Crippen LogP contribution in [0.3, 0.4) is 0 Å². The molecular weight excluding hydrogens is 468 g/mol. The van der Waals surface area contributed by atoms with Gasteiger partial charge in [0.2, 0.25) is 0 Å². The molecule has 1 saturated heterocycles. The van der Waals surface area contributed by atoms with E-state index in [1.807, 2.05) is 30.3 Å². The third kappa shape index (κ3) is 4.31. The minimum absolute atomic E-state index is 0.0683. The lowest BCUT2D eigenvalue weighted by Crippen LogP contribution is -2.43. The fourth-order valence-electron chi connectivity index (χ4n) is 5.48. The van der Waals surface area contributed by atoms with Crippen LogP contribution in [0.1, 0.15) is 46.3 Å². The van der Waals surface area contributed by atoms with E-state index in [-0.39, 0.29) is 11.9 Å². The quantitative estimate of drug-likeness (QED) is 0.602. The van der Waals surface area contributed by atoms with E-state index in [1.54, 1.807) is 6.07 Å². The van der Waals surface area contributed by atoms with Gasteiger partial charge in [-0.1, -0.05) is 17.7 Å². The van der Waals surface area contributed by atoms with Crippen molar-refractivity contribution >= 4 is 41.5 Å². The smallest absolute Gasteiger partial charge is 0.251 e. The monoisotopic (exact) mass is 494 g/mol. The summed E-state index contributed by atoms with van der Waals surface area (Å²) in [7, 11) is 0. The third-order valence-electron chi connectivity index (χ3n) is 7.11. The van der Waals surface area contributed by atoms with Crippen LogP contribution >= 0.6 is 24.2 Å². The molecule has 3 aliphatic rings. The van der Waals surface area contributed by atoms with Gasteiger partial charge in [-0.2, -0.15) is 23.0 Å². The number of rotatable bonds is 5. The summed E-state index contributed by atoms with van der Waals surface area (Å²) in [5.74, 6) is 1.30.